The molecule has 2 aromatic rings. The summed E-state index contributed by atoms with van der Waals surface area (Å²) in [4.78, 5) is 14.1. The number of hydrogen-bond donors (Lipinski definition) is 1. The summed E-state index contributed by atoms with van der Waals surface area (Å²) in [6.07, 6.45) is -8.99. The van der Waals surface area contributed by atoms with Gasteiger partial charge in [-0.3, -0.25) is 0 Å². The maximum Gasteiger partial charge on any atom is 0.416 e. The molecule has 30 heavy (non-hydrogen) atoms. The summed E-state index contributed by atoms with van der Waals surface area (Å²) in [5.41, 5.74) is -1.05. The summed E-state index contributed by atoms with van der Waals surface area (Å²) in [6.45, 7) is 0.155. The quantitative estimate of drug-likeness (QED) is 0.634. The molecule has 0 bridgehead atoms. The van der Waals surface area contributed by atoms with Crippen molar-refractivity contribution < 1.29 is 31.1 Å². The highest BCUT2D eigenvalue weighted by atomic mass is 19.4. The van der Waals surface area contributed by atoms with Gasteiger partial charge < -0.3 is 10.2 Å². The van der Waals surface area contributed by atoms with E-state index in [1.807, 2.05) is 6.07 Å². The van der Waals surface area contributed by atoms with Crippen LogP contribution >= 0.6 is 0 Å². The lowest BCUT2D eigenvalue weighted by molar-refractivity contribution is -0.163. The van der Waals surface area contributed by atoms with Crippen LogP contribution in [0.25, 0.3) is 0 Å². The number of halogens is 6. The van der Waals surface area contributed by atoms with Crippen molar-refractivity contribution >= 4 is 6.03 Å². The molecule has 160 valence electrons. The number of alkyl halides is 6. The average molecular weight is 428 g/mol. The molecule has 9 heteroatoms. The highest BCUT2D eigenvalue weighted by Gasteiger charge is 2.64. The minimum atomic E-state index is -4.56. The minimum Gasteiger partial charge on any atom is -0.323 e. The topological polar surface area (TPSA) is 32.3 Å². The van der Waals surface area contributed by atoms with Gasteiger partial charge in [0.25, 0.3) is 0 Å². The Balaban J connectivity index is 1.69. The van der Waals surface area contributed by atoms with E-state index in [1.165, 1.54) is 17.0 Å². The summed E-state index contributed by atoms with van der Waals surface area (Å²) < 4.78 is 78.7. The first-order valence-corrected chi connectivity index (χ1v) is 9.42. The van der Waals surface area contributed by atoms with E-state index in [0.29, 0.717) is 17.5 Å². The number of nitrogens with one attached hydrogen (secondary N) is 1. The van der Waals surface area contributed by atoms with Gasteiger partial charge in [0.15, 0.2) is 0 Å². The van der Waals surface area contributed by atoms with Crippen molar-refractivity contribution in [3.05, 3.63) is 70.8 Å². The van der Waals surface area contributed by atoms with Crippen molar-refractivity contribution in [2.24, 2.45) is 0 Å². The molecular weight excluding hydrogens is 410 g/mol. The third-order valence-corrected chi connectivity index (χ3v) is 5.74. The zero-order chi connectivity index (χ0) is 21.7. The molecule has 1 saturated carbocycles. The monoisotopic (exact) mass is 428 g/mol. The van der Waals surface area contributed by atoms with Gasteiger partial charge in [0.05, 0.1) is 11.6 Å². The Morgan fingerprint density at radius 1 is 0.967 bits per heavy atom. The molecule has 3 nitrogen and oxygen atoms in total. The number of amides is 2. The third kappa shape index (κ3) is 3.61. The van der Waals surface area contributed by atoms with E-state index in [9.17, 15) is 31.1 Å². The van der Waals surface area contributed by atoms with Crippen LogP contribution < -0.4 is 5.32 Å². The van der Waals surface area contributed by atoms with Gasteiger partial charge in [0.1, 0.15) is 5.54 Å². The molecule has 2 aromatic carbocycles. The van der Waals surface area contributed by atoms with Crippen molar-refractivity contribution in [3.63, 3.8) is 0 Å². The lowest BCUT2D eigenvalue weighted by atomic mass is 9.88. The second kappa shape index (κ2) is 6.92. The number of hydrogen-bond acceptors (Lipinski definition) is 1. The van der Waals surface area contributed by atoms with E-state index in [-0.39, 0.29) is 19.4 Å². The molecule has 1 unspecified atom stereocenters. The summed E-state index contributed by atoms with van der Waals surface area (Å²) in [7, 11) is 0. The molecule has 1 fully saturated rings. The summed E-state index contributed by atoms with van der Waals surface area (Å²) in [6, 6.07) is 9.86. The van der Waals surface area contributed by atoms with Gasteiger partial charge in [0.2, 0.25) is 0 Å². The summed E-state index contributed by atoms with van der Waals surface area (Å²) >= 11 is 0. The van der Waals surface area contributed by atoms with Crippen molar-refractivity contribution in [3.8, 4) is 0 Å². The molecule has 1 heterocycles. The molecule has 1 atom stereocenters. The smallest absolute Gasteiger partial charge is 0.323 e. The lowest BCUT2D eigenvalue weighted by Gasteiger charge is -2.39. The first-order chi connectivity index (χ1) is 14.0. The molecule has 2 aliphatic rings. The lowest BCUT2D eigenvalue weighted by Crippen LogP contribution is -2.54. The Kier molecular flexibility index (Phi) is 4.74. The average Bonchev–Trinajstić information content (AvgIpc) is 3.47. The fourth-order valence-electron chi connectivity index (χ4n) is 3.88. The highest BCUT2D eigenvalue weighted by Crippen LogP contribution is 2.49. The second-order valence-corrected chi connectivity index (χ2v) is 7.67. The molecule has 4 rings (SSSR count). The number of benzene rings is 2. The van der Waals surface area contributed by atoms with E-state index < -0.39 is 35.5 Å². The van der Waals surface area contributed by atoms with Crippen LogP contribution in [-0.4, -0.2) is 29.2 Å². The van der Waals surface area contributed by atoms with Crippen molar-refractivity contribution in [1.29, 1.82) is 0 Å². The number of nitrogens with zero attached hydrogens (tertiary/aromatic N) is 1. The highest BCUT2D eigenvalue weighted by molar-refractivity contribution is 5.77. The van der Waals surface area contributed by atoms with E-state index in [2.05, 4.69) is 5.32 Å². The molecule has 1 aliphatic heterocycles. The number of urea groups is 1. The molecule has 0 aromatic heterocycles. The minimum absolute atomic E-state index is 0.155. The van der Waals surface area contributed by atoms with Gasteiger partial charge in [-0.05, 0) is 48.1 Å². The number of fused-ring (bicyclic) bond motifs is 1. The van der Waals surface area contributed by atoms with Gasteiger partial charge in [-0.1, -0.05) is 36.4 Å². The Bertz CT molecular complexity index is 947. The Morgan fingerprint density at radius 2 is 1.60 bits per heavy atom. The molecule has 0 spiro atoms. The fraction of sp³-hybridized carbons (Fsp3) is 0.381. The third-order valence-electron chi connectivity index (χ3n) is 5.74. The predicted molar refractivity (Wildman–Crippen MR) is 96.7 cm³/mol. The van der Waals surface area contributed by atoms with Crippen LogP contribution in [-0.2, 0) is 12.6 Å². The van der Waals surface area contributed by atoms with E-state index in [4.69, 9.17) is 0 Å². The standard InChI is InChI=1S/C21H18F6N2O/c22-20(23,24)15-7-5-14(6-8-15)17-16-4-2-1-3-13(16)9-12-29(17)18(30)28-19(10-11-19)21(25,26)27/h1-8,17H,9-12H2,(H,28,30). The van der Waals surface area contributed by atoms with E-state index in [1.54, 1.807) is 18.2 Å². The zero-order valence-corrected chi connectivity index (χ0v) is 15.6. The maximum atomic E-state index is 13.3. The molecule has 0 radical (unpaired) electrons. The molecule has 1 aliphatic carbocycles. The van der Waals surface area contributed by atoms with E-state index >= 15 is 0 Å². The molecular formula is C21H18F6N2O. The largest absolute Gasteiger partial charge is 0.416 e. The van der Waals surface area contributed by atoms with Crippen LogP contribution in [0.3, 0.4) is 0 Å². The molecule has 1 N–H and O–H groups in total. The van der Waals surface area contributed by atoms with E-state index in [0.717, 1.165) is 17.7 Å². The molecule has 0 saturated heterocycles. The SMILES string of the molecule is O=C(NC1(C(F)(F)F)CC1)N1CCc2ccccc2C1c1ccc(C(F)(F)F)cc1. The van der Waals surface area contributed by atoms with Crippen LogP contribution in [0.5, 0.6) is 0 Å². The first-order valence-electron chi connectivity index (χ1n) is 9.42. The van der Waals surface area contributed by atoms with Gasteiger partial charge in [-0.25, -0.2) is 4.79 Å². The van der Waals surface area contributed by atoms with Gasteiger partial charge >= 0.3 is 18.4 Å². The maximum absolute atomic E-state index is 13.3. The van der Waals surface area contributed by atoms with Gasteiger partial charge in [-0.15, -0.1) is 0 Å². The number of rotatable bonds is 2. The molecule has 2 amide bonds. The van der Waals surface area contributed by atoms with Crippen LogP contribution in [0, 0.1) is 0 Å². The first kappa shape index (κ1) is 20.6. The van der Waals surface area contributed by atoms with Crippen LogP contribution in [0.2, 0.25) is 0 Å². The normalized spacial score (nSPS) is 20.5. The van der Waals surface area contributed by atoms with Gasteiger partial charge in [0, 0.05) is 6.54 Å². The van der Waals surface area contributed by atoms with Crippen LogP contribution in [0.4, 0.5) is 31.1 Å². The summed E-state index contributed by atoms with van der Waals surface area (Å²) in [5.74, 6) is 0. The summed E-state index contributed by atoms with van der Waals surface area (Å²) in [5, 5.41) is 2.13. The van der Waals surface area contributed by atoms with Gasteiger partial charge in [-0.2, -0.15) is 26.3 Å². The Labute approximate surface area is 168 Å². The van der Waals surface area contributed by atoms with Crippen LogP contribution in [0.15, 0.2) is 48.5 Å². The fourth-order valence-corrected chi connectivity index (χ4v) is 3.88. The number of carbonyl (C=O) groups excluding carboxylic acids is 1. The van der Waals surface area contributed by atoms with Crippen molar-refractivity contribution in [2.75, 3.05) is 6.54 Å². The van der Waals surface area contributed by atoms with Crippen molar-refractivity contribution in [2.45, 2.75) is 43.2 Å². The Hall–Kier alpha value is -2.71. The van der Waals surface area contributed by atoms with Crippen molar-refractivity contribution in [1.82, 2.24) is 10.2 Å². The predicted octanol–water partition coefficient (Wildman–Crippen LogP) is 5.46. The second-order valence-electron chi connectivity index (χ2n) is 7.67. The zero-order valence-electron chi connectivity index (χ0n) is 15.6. The Morgan fingerprint density at radius 3 is 2.17 bits per heavy atom. The van der Waals surface area contributed by atoms with Crippen LogP contribution in [0.1, 0.15) is 41.1 Å². The number of carbonyl (C=O) groups is 1.